The van der Waals surface area contributed by atoms with E-state index in [0.29, 0.717) is 25.8 Å². The van der Waals surface area contributed by atoms with Crippen LogP contribution in [-0.4, -0.2) is 60.5 Å². The largest absolute Gasteiger partial charge is 0.448 e. The monoisotopic (exact) mass is 506 g/mol. The van der Waals surface area contributed by atoms with E-state index in [-0.39, 0.29) is 25.0 Å². The Labute approximate surface area is 216 Å². The standard InChI is InChI=1S/C28H34N4O5/c1-17(2)14-23(26(34)30-15-25(29)33)31-27(35)24-12-7-13-32(24)28(36)37-16-22-20-10-5-3-8-18(20)19-9-4-6-11-21(19)22/h3-6,8-11,17,22-24H,7,12-16H2,1-2H3,(H2,29,33)(H,30,34)(H,31,35)/t23-,24-/m0/s1. The molecular formula is C28H34N4O5. The van der Waals surface area contributed by atoms with Crippen LogP contribution in [0.5, 0.6) is 0 Å². The molecule has 4 rings (SSSR count). The third kappa shape index (κ3) is 5.93. The Bertz CT molecular complexity index is 1140. The van der Waals surface area contributed by atoms with Crippen molar-refractivity contribution < 1.29 is 23.9 Å². The van der Waals surface area contributed by atoms with Crippen LogP contribution in [0.1, 0.15) is 50.2 Å². The van der Waals surface area contributed by atoms with Gasteiger partial charge in [0.25, 0.3) is 0 Å². The fraction of sp³-hybridized carbons (Fsp3) is 0.429. The minimum Gasteiger partial charge on any atom is -0.448 e. The van der Waals surface area contributed by atoms with Crippen LogP contribution in [0.2, 0.25) is 0 Å². The molecule has 2 aromatic rings. The first kappa shape index (κ1) is 26.2. The highest BCUT2D eigenvalue weighted by Crippen LogP contribution is 2.44. The maximum atomic E-state index is 13.2. The second-order valence-electron chi connectivity index (χ2n) is 10.0. The Kier molecular flexibility index (Phi) is 8.11. The first-order chi connectivity index (χ1) is 17.8. The van der Waals surface area contributed by atoms with Crippen LogP contribution in [0.3, 0.4) is 0 Å². The van der Waals surface area contributed by atoms with E-state index in [1.165, 1.54) is 4.90 Å². The van der Waals surface area contributed by atoms with Gasteiger partial charge in [0.1, 0.15) is 18.7 Å². The molecule has 0 radical (unpaired) electrons. The number of likely N-dealkylation sites (tertiary alicyclic amines) is 1. The van der Waals surface area contributed by atoms with E-state index < -0.39 is 35.9 Å². The number of primary amides is 1. The van der Waals surface area contributed by atoms with E-state index >= 15 is 0 Å². The molecule has 1 aliphatic heterocycles. The van der Waals surface area contributed by atoms with Crippen molar-refractivity contribution in [3.63, 3.8) is 0 Å². The highest BCUT2D eigenvalue weighted by atomic mass is 16.6. The lowest BCUT2D eigenvalue weighted by Gasteiger charge is -2.27. The summed E-state index contributed by atoms with van der Waals surface area (Å²) in [6, 6.07) is 14.6. The molecule has 0 spiro atoms. The summed E-state index contributed by atoms with van der Waals surface area (Å²) >= 11 is 0. The van der Waals surface area contributed by atoms with Gasteiger partial charge in [-0.3, -0.25) is 19.3 Å². The number of rotatable bonds is 9. The number of carbonyl (C=O) groups is 4. The molecule has 9 heteroatoms. The molecule has 1 heterocycles. The summed E-state index contributed by atoms with van der Waals surface area (Å²) in [5.41, 5.74) is 9.64. The van der Waals surface area contributed by atoms with Crippen molar-refractivity contribution in [2.24, 2.45) is 11.7 Å². The van der Waals surface area contributed by atoms with E-state index in [2.05, 4.69) is 34.9 Å². The predicted molar refractivity (Wildman–Crippen MR) is 138 cm³/mol. The van der Waals surface area contributed by atoms with Gasteiger partial charge in [0.15, 0.2) is 0 Å². The number of hydrogen-bond acceptors (Lipinski definition) is 5. The summed E-state index contributed by atoms with van der Waals surface area (Å²) in [7, 11) is 0. The van der Waals surface area contributed by atoms with Crippen molar-refractivity contribution in [2.45, 2.75) is 51.1 Å². The van der Waals surface area contributed by atoms with Gasteiger partial charge >= 0.3 is 6.09 Å². The highest BCUT2D eigenvalue weighted by molar-refractivity contribution is 5.93. The SMILES string of the molecule is CC(C)C[C@H](NC(=O)[C@@H]1CCCN1C(=O)OCC1c2ccccc2-c2ccccc21)C(=O)NCC(N)=O. The third-order valence-electron chi connectivity index (χ3n) is 6.90. The average Bonchev–Trinajstić information content (AvgIpc) is 3.49. The summed E-state index contributed by atoms with van der Waals surface area (Å²) in [4.78, 5) is 51.3. The highest BCUT2D eigenvalue weighted by Gasteiger charge is 2.38. The number of fused-ring (bicyclic) bond motifs is 3. The Hall–Kier alpha value is -3.88. The van der Waals surface area contributed by atoms with Crippen LogP contribution in [0.15, 0.2) is 48.5 Å². The number of nitrogens with two attached hydrogens (primary N) is 1. The lowest BCUT2D eigenvalue weighted by atomic mass is 9.98. The van der Waals surface area contributed by atoms with Crippen LogP contribution >= 0.6 is 0 Å². The van der Waals surface area contributed by atoms with Crippen LogP contribution in [0, 0.1) is 5.92 Å². The lowest BCUT2D eigenvalue weighted by molar-refractivity contribution is -0.132. The normalized spacial score (nSPS) is 17.2. The molecule has 4 N–H and O–H groups in total. The fourth-order valence-corrected chi connectivity index (χ4v) is 5.20. The molecule has 1 fully saturated rings. The summed E-state index contributed by atoms with van der Waals surface area (Å²) in [5, 5.41) is 5.22. The predicted octanol–water partition coefficient (Wildman–Crippen LogP) is 2.53. The molecule has 2 aromatic carbocycles. The Balaban J connectivity index is 1.40. The van der Waals surface area contributed by atoms with Crippen LogP contribution in [0.25, 0.3) is 11.1 Å². The average molecular weight is 507 g/mol. The van der Waals surface area contributed by atoms with Gasteiger partial charge in [-0.25, -0.2) is 4.79 Å². The van der Waals surface area contributed by atoms with Crippen LogP contribution in [-0.2, 0) is 19.1 Å². The molecule has 196 valence electrons. The second kappa shape index (κ2) is 11.5. The minimum absolute atomic E-state index is 0.0735. The number of carbonyl (C=O) groups excluding carboxylic acids is 4. The number of amides is 4. The molecule has 0 unspecified atom stereocenters. The van der Waals surface area contributed by atoms with Crippen molar-refractivity contribution in [1.29, 1.82) is 0 Å². The van der Waals surface area contributed by atoms with Gasteiger partial charge in [0.2, 0.25) is 17.7 Å². The Morgan fingerprint density at radius 3 is 2.24 bits per heavy atom. The Morgan fingerprint density at radius 1 is 1.03 bits per heavy atom. The molecule has 0 saturated carbocycles. The summed E-state index contributed by atoms with van der Waals surface area (Å²) in [6.07, 6.45) is 0.977. The molecule has 0 bridgehead atoms. The molecule has 0 aromatic heterocycles. The molecule has 2 atom stereocenters. The summed E-state index contributed by atoms with van der Waals surface area (Å²) in [6.45, 7) is 4.12. The zero-order valence-corrected chi connectivity index (χ0v) is 21.2. The number of benzene rings is 2. The molecule has 37 heavy (non-hydrogen) atoms. The maximum absolute atomic E-state index is 13.2. The molecular weight excluding hydrogens is 472 g/mol. The first-order valence-electron chi connectivity index (χ1n) is 12.7. The topological polar surface area (TPSA) is 131 Å². The van der Waals surface area contributed by atoms with Crippen molar-refractivity contribution in [1.82, 2.24) is 15.5 Å². The maximum Gasteiger partial charge on any atom is 0.410 e. The van der Waals surface area contributed by atoms with Gasteiger partial charge in [-0.1, -0.05) is 62.4 Å². The number of ether oxygens (including phenoxy) is 1. The van der Waals surface area contributed by atoms with Crippen molar-refractivity contribution in [2.75, 3.05) is 19.7 Å². The summed E-state index contributed by atoms with van der Waals surface area (Å²) in [5.74, 6) is -1.51. The van der Waals surface area contributed by atoms with Gasteiger partial charge in [-0.2, -0.15) is 0 Å². The number of nitrogens with zero attached hydrogens (tertiary/aromatic N) is 1. The zero-order chi connectivity index (χ0) is 26.5. The molecule has 1 aliphatic carbocycles. The second-order valence-corrected chi connectivity index (χ2v) is 10.0. The van der Waals surface area contributed by atoms with Crippen LogP contribution in [0.4, 0.5) is 4.79 Å². The zero-order valence-electron chi connectivity index (χ0n) is 21.2. The van der Waals surface area contributed by atoms with Crippen molar-refractivity contribution in [3.05, 3.63) is 59.7 Å². The quantitative estimate of drug-likeness (QED) is 0.481. The molecule has 1 saturated heterocycles. The molecule has 9 nitrogen and oxygen atoms in total. The van der Waals surface area contributed by atoms with Crippen molar-refractivity contribution in [3.8, 4) is 11.1 Å². The minimum atomic E-state index is -0.836. The van der Waals surface area contributed by atoms with E-state index in [4.69, 9.17) is 10.5 Å². The van der Waals surface area contributed by atoms with Crippen LogP contribution < -0.4 is 16.4 Å². The van der Waals surface area contributed by atoms with Gasteiger partial charge in [0, 0.05) is 12.5 Å². The van der Waals surface area contributed by atoms with E-state index in [0.717, 1.165) is 22.3 Å². The molecule has 4 amide bonds. The van der Waals surface area contributed by atoms with Gasteiger partial charge in [-0.05, 0) is 47.4 Å². The fourth-order valence-electron chi connectivity index (χ4n) is 5.20. The van der Waals surface area contributed by atoms with Gasteiger partial charge in [0.05, 0.1) is 6.54 Å². The van der Waals surface area contributed by atoms with Crippen molar-refractivity contribution >= 4 is 23.8 Å². The van der Waals surface area contributed by atoms with Gasteiger partial charge < -0.3 is 21.1 Å². The lowest BCUT2D eigenvalue weighted by Crippen LogP contribution is -2.54. The number of hydrogen-bond donors (Lipinski definition) is 3. The van der Waals surface area contributed by atoms with E-state index in [1.54, 1.807) is 0 Å². The van der Waals surface area contributed by atoms with E-state index in [9.17, 15) is 19.2 Å². The number of nitrogens with one attached hydrogen (secondary N) is 2. The third-order valence-corrected chi connectivity index (χ3v) is 6.90. The first-order valence-corrected chi connectivity index (χ1v) is 12.7. The van der Waals surface area contributed by atoms with E-state index in [1.807, 2.05) is 38.1 Å². The smallest absolute Gasteiger partial charge is 0.410 e. The Morgan fingerprint density at radius 2 is 1.65 bits per heavy atom. The van der Waals surface area contributed by atoms with Gasteiger partial charge in [-0.15, -0.1) is 0 Å². The summed E-state index contributed by atoms with van der Waals surface area (Å²) < 4.78 is 5.76. The molecule has 2 aliphatic rings.